The van der Waals surface area contributed by atoms with Gasteiger partial charge in [0.15, 0.2) is 0 Å². The fourth-order valence-electron chi connectivity index (χ4n) is 3.09. The number of aliphatic hydroxyl groups excluding tert-OH is 1. The Morgan fingerprint density at radius 2 is 1.74 bits per heavy atom. The van der Waals surface area contributed by atoms with Crippen LogP contribution in [0.4, 0.5) is 0 Å². The monoisotopic (exact) mass is 269 g/mol. The van der Waals surface area contributed by atoms with E-state index in [2.05, 4.69) is 10.2 Å². The van der Waals surface area contributed by atoms with E-state index in [9.17, 15) is 9.90 Å². The van der Waals surface area contributed by atoms with E-state index >= 15 is 0 Å². The number of likely N-dealkylation sites (tertiary alicyclic amines) is 1. The standard InChI is InChI=1S/C14H27N3O2/c1-11(14(19)17-9-5-15-6-10-17)16-7-3-13(4-8-16)12(2)18/h11-13,15,18H,3-10H2,1-2H3. The van der Waals surface area contributed by atoms with Gasteiger partial charge in [0.05, 0.1) is 12.1 Å². The van der Waals surface area contributed by atoms with Crippen LogP contribution < -0.4 is 5.32 Å². The Hall–Kier alpha value is -0.650. The molecule has 2 unspecified atom stereocenters. The van der Waals surface area contributed by atoms with Crippen LogP contribution in [0.3, 0.4) is 0 Å². The predicted octanol–water partition coefficient (Wildman–Crippen LogP) is -0.100. The Morgan fingerprint density at radius 1 is 1.16 bits per heavy atom. The molecule has 2 aliphatic heterocycles. The molecule has 0 aromatic carbocycles. The number of carbonyl (C=O) groups excluding carboxylic acids is 1. The second-order valence-electron chi connectivity index (χ2n) is 5.87. The molecule has 5 nitrogen and oxygen atoms in total. The predicted molar refractivity (Wildman–Crippen MR) is 74.9 cm³/mol. The summed E-state index contributed by atoms with van der Waals surface area (Å²) in [6.07, 6.45) is 1.77. The first-order valence-corrected chi connectivity index (χ1v) is 7.51. The Kier molecular flexibility index (Phi) is 5.19. The lowest BCUT2D eigenvalue weighted by Crippen LogP contribution is -2.54. The summed E-state index contributed by atoms with van der Waals surface area (Å²) in [6, 6.07) is -0.0203. The number of amides is 1. The van der Waals surface area contributed by atoms with Gasteiger partial charge in [-0.25, -0.2) is 0 Å². The molecule has 0 aliphatic carbocycles. The molecule has 0 radical (unpaired) electrons. The van der Waals surface area contributed by atoms with Crippen molar-refractivity contribution in [2.45, 2.75) is 38.8 Å². The van der Waals surface area contributed by atoms with E-state index in [1.165, 1.54) is 0 Å². The molecule has 2 heterocycles. The second kappa shape index (κ2) is 6.68. The van der Waals surface area contributed by atoms with E-state index in [-0.39, 0.29) is 18.1 Å². The number of hydrogen-bond acceptors (Lipinski definition) is 4. The van der Waals surface area contributed by atoms with Crippen molar-refractivity contribution in [2.24, 2.45) is 5.92 Å². The molecular formula is C14H27N3O2. The summed E-state index contributed by atoms with van der Waals surface area (Å²) in [7, 11) is 0. The molecule has 0 saturated carbocycles. The topological polar surface area (TPSA) is 55.8 Å². The number of carbonyl (C=O) groups is 1. The van der Waals surface area contributed by atoms with Gasteiger partial charge in [-0.05, 0) is 45.7 Å². The normalized spacial score (nSPS) is 26.2. The third kappa shape index (κ3) is 3.68. The van der Waals surface area contributed by atoms with Crippen LogP contribution in [0.1, 0.15) is 26.7 Å². The van der Waals surface area contributed by atoms with Crippen molar-refractivity contribution in [2.75, 3.05) is 39.3 Å². The van der Waals surface area contributed by atoms with Gasteiger partial charge in [-0.2, -0.15) is 0 Å². The number of rotatable bonds is 3. The molecular weight excluding hydrogens is 242 g/mol. The summed E-state index contributed by atoms with van der Waals surface area (Å²) in [4.78, 5) is 16.7. The minimum Gasteiger partial charge on any atom is -0.393 e. The first-order valence-electron chi connectivity index (χ1n) is 7.51. The quantitative estimate of drug-likeness (QED) is 0.751. The molecule has 0 bridgehead atoms. The largest absolute Gasteiger partial charge is 0.393 e. The SMILES string of the molecule is CC(O)C1CCN(C(C)C(=O)N2CCNCC2)CC1. The molecule has 0 aromatic heterocycles. The maximum absolute atomic E-state index is 12.4. The third-order valence-electron chi connectivity index (χ3n) is 4.59. The van der Waals surface area contributed by atoms with E-state index in [1.54, 1.807) is 0 Å². The lowest BCUT2D eigenvalue weighted by molar-refractivity contribution is -0.137. The molecule has 2 saturated heterocycles. The van der Waals surface area contributed by atoms with E-state index in [4.69, 9.17) is 0 Å². The molecule has 2 rings (SSSR count). The van der Waals surface area contributed by atoms with Crippen LogP contribution in [0.5, 0.6) is 0 Å². The van der Waals surface area contributed by atoms with Crippen molar-refractivity contribution in [3.63, 3.8) is 0 Å². The molecule has 2 fully saturated rings. The smallest absolute Gasteiger partial charge is 0.239 e. The average molecular weight is 269 g/mol. The summed E-state index contributed by atoms with van der Waals surface area (Å²) in [6.45, 7) is 9.21. The van der Waals surface area contributed by atoms with Crippen molar-refractivity contribution in [3.8, 4) is 0 Å². The minimum atomic E-state index is -0.221. The van der Waals surface area contributed by atoms with Crippen molar-refractivity contribution < 1.29 is 9.90 Å². The maximum atomic E-state index is 12.4. The number of hydrogen-bond donors (Lipinski definition) is 2. The van der Waals surface area contributed by atoms with Crippen LogP contribution in [0.25, 0.3) is 0 Å². The van der Waals surface area contributed by atoms with Crippen molar-refractivity contribution in [1.29, 1.82) is 0 Å². The highest BCUT2D eigenvalue weighted by molar-refractivity contribution is 5.81. The summed E-state index contributed by atoms with van der Waals surface area (Å²) in [5.41, 5.74) is 0. The Bertz CT molecular complexity index is 295. The highest BCUT2D eigenvalue weighted by atomic mass is 16.3. The molecule has 2 N–H and O–H groups in total. The fourth-order valence-corrected chi connectivity index (χ4v) is 3.09. The minimum absolute atomic E-state index is 0.0203. The molecule has 1 amide bonds. The van der Waals surface area contributed by atoms with Gasteiger partial charge < -0.3 is 15.3 Å². The molecule has 0 aromatic rings. The van der Waals surface area contributed by atoms with Crippen molar-refractivity contribution >= 4 is 5.91 Å². The van der Waals surface area contributed by atoms with Gasteiger partial charge in [-0.1, -0.05) is 0 Å². The average Bonchev–Trinajstić information content (AvgIpc) is 2.46. The zero-order chi connectivity index (χ0) is 13.8. The van der Waals surface area contributed by atoms with Crippen molar-refractivity contribution in [1.82, 2.24) is 15.1 Å². The van der Waals surface area contributed by atoms with Crippen LogP contribution in [-0.2, 0) is 4.79 Å². The summed E-state index contributed by atoms with van der Waals surface area (Å²) in [5, 5.41) is 12.9. The summed E-state index contributed by atoms with van der Waals surface area (Å²) < 4.78 is 0. The van der Waals surface area contributed by atoms with Gasteiger partial charge >= 0.3 is 0 Å². The fraction of sp³-hybridized carbons (Fsp3) is 0.929. The lowest BCUT2D eigenvalue weighted by atomic mass is 9.91. The van der Waals surface area contributed by atoms with Gasteiger partial charge in [-0.15, -0.1) is 0 Å². The molecule has 2 aliphatic rings. The van der Waals surface area contributed by atoms with Gasteiger partial charge in [0.25, 0.3) is 0 Å². The van der Waals surface area contributed by atoms with Crippen LogP contribution in [0.15, 0.2) is 0 Å². The maximum Gasteiger partial charge on any atom is 0.239 e. The van der Waals surface area contributed by atoms with Crippen LogP contribution in [-0.4, -0.2) is 72.2 Å². The first kappa shape index (κ1) is 14.8. The molecule has 0 spiro atoms. The van der Waals surface area contributed by atoms with Crippen molar-refractivity contribution in [3.05, 3.63) is 0 Å². The molecule has 5 heteroatoms. The van der Waals surface area contributed by atoms with Gasteiger partial charge in [0.2, 0.25) is 5.91 Å². The lowest BCUT2D eigenvalue weighted by Gasteiger charge is -2.39. The number of piperidine rings is 1. The Morgan fingerprint density at radius 3 is 2.26 bits per heavy atom. The van der Waals surface area contributed by atoms with Gasteiger partial charge in [0, 0.05) is 26.2 Å². The highest BCUT2D eigenvalue weighted by Gasteiger charge is 2.30. The van der Waals surface area contributed by atoms with E-state index in [1.807, 2.05) is 18.7 Å². The summed E-state index contributed by atoms with van der Waals surface area (Å²) in [5.74, 6) is 0.662. The number of nitrogens with one attached hydrogen (secondary N) is 1. The zero-order valence-corrected chi connectivity index (χ0v) is 12.1. The Balaban J connectivity index is 1.83. The number of aliphatic hydroxyl groups is 1. The molecule has 19 heavy (non-hydrogen) atoms. The Labute approximate surface area is 115 Å². The highest BCUT2D eigenvalue weighted by Crippen LogP contribution is 2.22. The van der Waals surface area contributed by atoms with Gasteiger partial charge in [-0.3, -0.25) is 9.69 Å². The van der Waals surface area contributed by atoms with E-state index < -0.39 is 0 Å². The molecule has 110 valence electrons. The third-order valence-corrected chi connectivity index (χ3v) is 4.59. The zero-order valence-electron chi connectivity index (χ0n) is 12.1. The number of nitrogens with zero attached hydrogens (tertiary/aromatic N) is 2. The van der Waals surface area contributed by atoms with E-state index in [0.717, 1.165) is 52.1 Å². The second-order valence-corrected chi connectivity index (χ2v) is 5.87. The summed E-state index contributed by atoms with van der Waals surface area (Å²) >= 11 is 0. The van der Waals surface area contributed by atoms with E-state index in [0.29, 0.717) is 5.92 Å². The van der Waals surface area contributed by atoms with Crippen LogP contribution >= 0.6 is 0 Å². The molecule has 2 atom stereocenters. The van der Waals surface area contributed by atoms with Gasteiger partial charge in [0.1, 0.15) is 0 Å². The van der Waals surface area contributed by atoms with Crippen LogP contribution in [0.2, 0.25) is 0 Å². The number of piperazine rings is 1. The van der Waals surface area contributed by atoms with Crippen LogP contribution in [0, 0.1) is 5.92 Å². The first-order chi connectivity index (χ1) is 9.09.